The van der Waals surface area contributed by atoms with Crippen molar-refractivity contribution in [3.63, 3.8) is 0 Å². The molecule has 0 fully saturated rings. The van der Waals surface area contributed by atoms with Gasteiger partial charge in [0.1, 0.15) is 0 Å². The van der Waals surface area contributed by atoms with Crippen LogP contribution >= 0.6 is 0 Å². The smallest absolute Gasteiger partial charge is 0.292 e. The third-order valence-corrected chi connectivity index (χ3v) is 5.26. The molecule has 0 spiro atoms. The monoisotopic (exact) mass is 479 g/mol. The van der Waals surface area contributed by atoms with Crippen LogP contribution in [0, 0.1) is 23.7 Å². The summed E-state index contributed by atoms with van der Waals surface area (Å²) in [6, 6.07) is 19.3. The average Bonchev–Trinajstić information content (AvgIpc) is 2.91. The standard InChI is InChI=1S/C26H22N8O2/c1-16-4-9-20(32-25(35)18-7-5-17(6-8-18)24(29)36-23(28)14-27)13-22(16)34-26-31-12-10-21(33-26)19-3-2-11-30-15-19/h2-13,15,24,28H,29H2,1H3,(H,32,35)(H,31,33,34)/p+1. The molecule has 1 amide bonds. The molecular formula is C26H23N8O2+. The van der Waals surface area contributed by atoms with Crippen LogP contribution in [0.4, 0.5) is 17.3 Å². The fourth-order valence-corrected chi connectivity index (χ4v) is 3.34. The number of nitriles is 1. The van der Waals surface area contributed by atoms with Crippen LogP contribution in [0.15, 0.2) is 79.3 Å². The van der Waals surface area contributed by atoms with Gasteiger partial charge in [0.25, 0.3) is 18.0 Å². The number of carbonyl (C=O) groups is 1. The Balaban J connectivity index is 1.46. The van der Waals surface area contributed by atoms with Gasteiger partial charge < -0.3 is 21.1 Å². The Labute approximate surface area is 207 Å². The molecule has 2 aromatic carbocycles. The van der Waals surface area contributed by atoms with Crippen LogP contribution in [-0.4, -0.2) is 26.8 Å². The first kappa shape index (κ1) is 24.0. The van der Waals surface area contributed by atoms with Crippen molar-refractivity contribution in [1.29, 1.82) is 10.7 Å². The molecule has 2 heterocycles. The first-order chi connectivity index (χ1) is 17.4. The highest BCUT2D eigenvalue weighted by molar-refractivity contribution is 6.04. The van der Waals surface area contributed by atoms with Crippen LogP contribution in [0.1, 0.15) is 27.7 Å². The summed E-state index contributed by atoms with van der Waals surface area (Å²) in [5, 5.41) is 22.1. The van der Waals surface area contributed by atoms with Crippen molar-refractivity contribution >= 4 is 29.1 Å². The quantitative estimate of drug-likeness (QED) is 0.179. The Morgan fingerprint density at radius 3 is 2.67 bits per heavy atom. The zero-order valence-corrected chi connectivity index (χ0v) is 19.4. The number of carbonyl (C=O) groups excluding carboxylic acids is 1. The van der Waals surface area contributed by atoms with Crippen LogP contribution in [0.2, 0.25) is 0 Å². The van der Waals surface area contributed by atoms with Crippen LogP contribution in [0.3, 0.4) is 0 Å². The summed E-state index contributed by atoms with van der Waals surface area (Å²) in [5.74, 6) is -0.389. The van der Waals surface area contributed by atoms with E-state index in [9.17, 15) is 4.79 Å². The Bertz CT molecular complexity index is 1430. The number of hydrogen-bond donors (Lipinski definition) is 4. The van der Waals surface area contributed by atoms with Gasteiger partial charge in [0.05, 0.1) is 11.3 Å². The van der Waals surface area contributed by atoms with Gasteiger partial charge >= 0.3 is 0 Å². The van der Waals surface area contributed by atoms with Crippen molar-refractivity contribution in [2.24, 2.45) is 0 Å². The molecule has 6 N–H and O–H groups in total. The van der Waals surface area contributed by atoms with Gasteiger partial charge in [-0.25, -0.2) is 9.97 Å². The molecule has 178 valence electrons. The minimum absolute atomic E-state index is 0.294. The number of nitrogens with zero attached hydrogens (tertiary/aromatic N) is 4. The lowest BCUT2D eigenvalue weighted by Crippen LogP contribution is -2.55. The number of anilines is 3. The van der Waals surface area contributed by atoms with E-state index >= 15 is 0 Å². The molecule has 10 heteroatoms. The molecule has 36 heavy (non-hydrogen) atoms. The second kappa shape index (κ2) is 10.9. The van der Waals surface area contributed by atoms with Crippen LogP contribution in [0.5, 0.6) is 0 Å². The number of aryl methyl sites for hydroxylation is 1. The van der Waals surface area contributed by atoms with Crippen LogP contribution < -0.4 is 16.4 Å². The Kier molecular flexibility index (Phi) is 7.24. The number of ether oxygens (including phenoxy) is 1. The lowest BCUT2D eigenvalue weighted by molar-refractivity contribution is -0.484. The van der Waals surface area contributed by atoms with E-state index in [1.165, 1.54) is 0 Å². The van der Waals surface area contributed by atoms with E-state index in [0.717, 1.165) is 22.5 Å². The number of rotatable bonds is 7. The number of nitrogens with one attached hydrogen (secondary N) is 3. The second-order valence-corrected chi connectivity index (χ2v) is 7.79. The fourth-order valence-electron chi connectivity index (χ4n) is 3.34. The van der Waals surface area contributed by atoms with Gasteiger partial charge in [-0.1, -0.05) is 6.07 Å². The van der Waals surface area contributed by atoms with Crippen molar-refractivity contribution in [2.75, 3.05) is 10.6 Å². The van der Waals surface area contributed by atoms with Crippen molar-refractivity contribution in [2.45, 2.75) is 13.2 Å². The molecule has 0 bridgehead atoms. The number of aromatic nitrogens is 3. The summed E-state index contributed by atoms with van der Waals surface area (Å²) in [6.45, 7) is 1.95. The molecule has 10 nitrogen and oxygen atoms in total. The molecule has 0 saturated heterocycles. The zero-order valence-electron chi connectivity index (χ0n) is 19.4. The Morgan fingerprint density at radius 1 is 1.14 bits per heavy atom. The van der Waals surface area contributed by atoms with E-state index < -0.39 is 12.1 Å². The first-order valence-corrected chi connectivity index (χ1v) is 10.9. The zero-order chi connectivity index (χ0) is 25.5. The second-order valence-electron chi connectivity index (χ2n) is 7.79. The largest absolute Gasteiger partial charge is 0.413 e. The summed E-state index contributed by atoms with van der Waals surface area (Å²) in [6.07, 6.45) is 4.39. The van der Waals surface area contributed by atoms with E-state index in [0.29, 0.717) is 22.8 Å². The minimum atomic E-state index is -0.723. The molecule has 4 rings (SSSR count). The normalized spacial score (nSPS) is 11.1. The fraction of sp³-hybridized carbons (Fsp3) is 0.0769. The van der Waals surface area contributed by atoms with Gasteiger partial charge in [-0.05, 0) is 67.1 Å². The summed E-state index contributed by atoms with van der Waals surface area (Å²) < 4.78 is 5.08. The topological polar surface area (TPSA) is 164 Å². The highest BCUT2D eigenvalue weighted by atomic mass is 16.5. The third-order valence-electron chi connectivity index (χ3n) is 5.26. The van der Waals surface area contributed by atoms with E-state index in [-0.39, 0.29) is 5.91 Å². The van der Waals surface area contributed by atoms with E-state index in [1.807, 2.05) is 43.3 Å². The maximum absolute atomic E-state index is 12.8. The SMILES string of the molecule is Cc1ccc(NC(=O)c2ccc(C([NH3+])OC(=N)C#N)cc2)cc1Nc1nccc(-c2cccnc2)n1. The molecule has 1 unspecified atom stereocenters. The third kappa shape index (κ3) is 5.85. The predicted molar refractivity (Wildman–Crippen MR) is 134 cm³/mol. The summed E-state index contributed by atoms with van der Waals surface area (Å²) >= 11 is 0. The number of benzene rings is 2. The van der Waals surface area contributed by atoms with E-state index in [4.69, 9.17) is 15.4 Å². The molecular weight excluding hydrogens is 456 g/mol. The summed E-state index contributed by atoms with van der Waals surface area (Å²) in [5.41, 5.74) is 8.78. The van der Waals surface area contributed by atoms with Gasteiger partial charge in [-0.3, -0.25) is 15.2 Å². The molecule has 2 aromatic heterocycles. The Morgan fingerprint density at radius 2 is 1.94 bits per heavy atom. The van der Waals surface area contributed by atoms with Gasteiger partial charge in [0, 0.05) is 41.1 Å². The molecule has 0 saturated carbocycles. The summed E-state index contributed by atoms with van der Waals surface area (Å²) in [7, 11) is 0. The van der Waals surface area contributed by atoms with E-state index in [2.05, 4.69) is 31.3 Å². The summed E-state index contributed by atoms with van der Waals surface area (Å²) in [4.78, 5) is 25.8. The number of quaternary nitrogens is 1. The van der Waals surface area contributed by atoms with E-state index in [1.54, 1.807) is 48.9 Å². The van der Waals surface area contributed by atoms with Crippen LogP contribution in [-0.2, 0) is 4.74 Å². The molecule has 0 aliphatic rings. The van der Waals surface area contributed by atoms with Crippen molar-refractivity contribution in [3.8, 4) is 17.3 Å². The highest BCUT2D eigenvalue weighted by Gasteiger charge is 2.15. The molecule has 4 aromatic rings. The first-order valence-electron chi connectivity index (χ1n) is 10.9. The van der Waals surface area contributed by atoms with Gasteiger partial charge in [0.2, 0.25) is 5.95 Å². The maximum atomic E-state index is 12.8. The number of amides is 1. The molecule has 0 aliphatic carbocycles. The molecule has 0 aliphatic heterocycles. The van der Waals surface area contributed by atoms with Crippen LogP contribution in [0.25, 0.3) is 11.3 Å². The Hall–Kier alpha value is -5.14. The average molecular weight is 480 g/mol. The number of pyridine rings is 1. The lowest BCUT2D eigenvalue weighted by atomic mass is 10.1. The predicted octanol–water partition coefficient (Wildman–Crippen LogP) is 3.60. The van der Waals surface area contributed by atoms with Crippen molar-refractivity contribution in [1.82, 2.24) is 15.0 Å². The lowest BCUT2D eigenvalue weighted by Gasteiger charge is -2.13. The van der Waals surface area contributed by atoms with Gasteiger partial charge in [-0.15, -0.1) is 0 Å². The van der Waals surface area contributed by atoms with Crippen molar-refractivity contribution in [3.05, 3.63) is 95.9 Å². The number of hydrogen-bond acceptors (Lipinski definition) is 8. The van der Waals surface area contributed by atoms with Crippen molar-refractivity contribution < 1.29 is 15.3 Å². The molecule has 0 radical (unpaired) electrons. The van der Waals surface area contributed by atoms with Gasteiger partial charge in [-0.2, -0.15) is 5.26 Å². The molecule has 1 atom stereocenters. The minimum Gasteiger partial charge on any atom is -0.413 e. The highest BCUT2D eigenvalue weighted by Crippen LogP contribution is 2.25. The maximum Gasteiger partial charge on any atom is 0.292 e. The van der Waals surface area contributed by atoms with Gasteiger partial charge in [0.15, 0.2) is 6.07 Å².